The van der Waals surface area contributed by atoms with Gasteiger partial charge in [-0.2, -0.15) is 0 Å². The van der Waals surface area contributed by atoms with E-state index in [2.05, 4.69) is 30.3 Å². The molecule has 0 saturated carbocycles. The monoisotopic (exact) mass is 408 g/mol. The molecule has 20 heavy (non-hydrogen) atoms. The van der Waals surface area contributed by atoms with E-state index in [1.54, 1.807) is 12.1 Å². The van der Waals surface area contributed by atoms with Gasteiger partial charge in [0.15, 0.2) is 0 Å². The van der Waals surface area contributed by atoms with Crippen LogP contribution in [0, 0.1) is 14.8 Å². The number of fused-ring (bicyclic) bond motifs is 1. The molecule has 2 nitrogen and oxygen atoms in total. The number of benzene rings is 1. The zero-order chi connectivity index (χ0) is 14.9. The molecule has 0 saturated heterocycles. The molecule has 0 bridgehead atoms. The summed E-state index contributed by atoms with van der Waals surface area (Å²) < 4.78 is 16.6. The van der Waals surface area contributed by atoms with E-state index in [-0.39, 0.29) is 11.2 Å². The molecule has 1 heterocycles. The quantitative estimate of drug-likeness (QED) is 0.503. The summed E-state index contributed by atoms with van der Waals surface area (Å²) >= 11 is 7.87. The molecule has 0 aliphatic heterocycles. The molecule has 1 aromatic carbocycles. The van der Waals surface area contributed by atoms with Crippen molar-refractivity contribution in [2.45, 2.75) is 40.2 Å². The fourth-order valence-electron chi connectivity index (χ4n) is 2.16. The van der Waals surface area contributed by atoms with E-state index in [0.717, 1.165) is 29.8 Å². The third-order valence-electron chi connectivity index (χ3n) is 3.73. The average Bonchev–Trinajstić information content (AvgIpc) is 2.68. The summed E-state index contributed by atoms with van der Waals surface area (Å²) in [5.74, 6) is 1.28. The van der Waals surface area contributed by atoms with Crippen molar-refractivity contribution in [2.24, 2.45) is 5.41 Å². The van der Waals surface area contributed by atoms with Crippen molar-refractivity contribution in [1.82, 2.24) is 9.55 Å². The van der Waals surface area contributed by atoms with Gasteiger partial charge in [0.1, 0.15) is 11.6 Å². The molecule has 0 radical (unpaired) electrons. The second kappa shape index (κ2) is 6.18. The van der Waals surface area contributed by atoms with Crippen LogP contribution in [-0.2, 0) is 13.0 Å². The van der Waals surface area contributed by atoms with Crippen molar-refractivity contribution in [3.63, 3.8) is 0 Å². The van der Waals surface area contributed by atoms with E-state index < -0.39 is 0 Å². The molecule has 2 rings (SSSR count). The van der Waals surface area contributed by atoms with E-state index >= 15 is 0 Å². The average molecular weight is 409 g/mol. The Balaban J connectivity index is 2.58. The number of alkyl halides is 1. The Morgan fingerprint density at radius 2 is 2.10 bits per heavy atom. The summed E-state index contributed by atoms with van der Waals surface area (Å²) in [5, 5.41) is 0. The van der Waals surface area contributed by atoms with E-state index in [4.69, 9.17) is 11.6 Å². The minimum Gasteiger partial charge on any atom is -0.327 e. The summed E-state index contributed by atoms with van der Waals surface area (Å²) in [7, 11) is 0. The van der Waals surface area contributed by atoms with Gasteiger partial charge in [-0.15, -0.1) is 11.6 Å². The third kappa shape index (κ3) is 3.27. The Morgan fingerprint density at radius 1 is 1.40 bits per heavy atom. The number of aromatic nitrogens is 2. The second-order valence-electron chi connectivity index (χ2n) is 5.83. The molecule has 0 aliphatic rings. The number of nitrogens with zero attached hydrogens (tertiary/aromatic N) is 2. The van der Waals surface area contributed by atoms with Crippen molar-refractivity contribution >= 4 is 45.2 Å². The lowest BCUT2D eigenvalue weighted by molar-refractivity contribution is 0.294. The fraction of sp³-hybridized carbons (Fsp3) is 0.533. The number of hydrogen-bond donors (Lipinski definition) is 0. The predicted molar refractivity (Wildman–Crippen MR) is 90.9 cm³/mol. The number of halogens is 3. The first-order chi connectivity index (χ1) is 9.38. The van der Waals surface area contributed by atoms with Crippen LogP contribution in [0.3, 0.4) is 0 Å². The van der Waals surface area contributed by atoms with E-state index in [1.165, 1.54) is 0 Å². The first-order valence-corrected chi connectivity index (χ1v) is 8.39. The van der Waals surface area contributed by atoms with Crippen LogP contribution in [0.2, 0.25) is 0 Å². The van der Waals surface area contributed by atoms with Crippen LogP contribution in [0.5, 0.6) is 0 Å². The maximum Gasteiger partial charge on any atom is 0.138 e. The van der Waals surface area contributed by atoms with E-state index in [9.17, 15) is 4.39 Å². The Hall–Kier alpha value is -0.360. The van der Waals surface area contributed by atoms with Gasteiger partial charge in [-0.3, -0.25) is 0 Å². The van der Waals surface area contributed by atoms with Crippen molar-refractivity contribution in [3.8, 4) is 0 Å². The SMILES string of the molecule is CCC(C)(C)Cn1c(CCCl)nc2cc(I)c(F)cc21. The first kappa shape index (κ1) is 16.0. The van der Waals surface area contributed by atoms with E-state index in [0.29, 0.717) is 15.9 Å². The first-order valence-electron chi connectivity index (χ1n) is 6.78. The summed E-state index contributed by atoms with van der Waals surface area (Å²) in [6, 6.07) is 3.39. The van der Waals surface area contributed by atoms with Gasteiger partial charge in [0.05, 0.1) is 14.6 Å². The van der Waals surface area contributed by atoms with Crippen molar-refractivity contribution in [1.29, 1.82) is 0 Å². The van der Waals surface area contributed by atoms with Crippen molar-refractivity contribution in [3.05, 3.63) is 27.3 Å². The summed E-state index contributed by atoms with van der Waals surface area (Å²) in [5.41, 5.74) is 1.86. The maximum atomic E-state index is 13.9. The van der Waals surface area contributed by atoms with Gasteiger partial charge in [0, 0.05) is 24.9 Å². The molecule has 0 fully saturated rings. The Morgan fingerprint density at radius 3 is 2.70 bits per heavy atom. The number of hydrogen-bond acceptors (Lipinski definition) is 1. The van der Waals surface area contributed by atoms with Crippen LogP contribution in [-0.4, -0.2) is 15.4 Å². The summed E-state index contributed by atoms with van der Waals surface area (Å²) in [4.78, 5) is 4.63. The highest BCUT2D eigenvalue weighted by Crippen LogP contribution is 2.28. The van der Waals surface area contributed by atoms with Crippen LogP contribution < -0.4 is 0 Å². The van der Waals surface area contributed by atoms with E-state index in [1.807, 2.05) is 22.6 Å². The lowest BCUT2D eigenvalue weighted by Crippen LogP contribution is -2.20. The Kier molecular flexibility index (Phi) is 4.95. The van der Waals surface area contributed by atoms with Crippen molar-refractivity contribution in [2.75, 3.05) is 5.88 Å². The number of rotatable bonds is 5. The molecule has 5 heteroatoms. The molecule has 0 aliphatic carbocycles. The molecule has 1 aromatic heterocycles. The summed E-state index contributed by atoms with van der Waals surface area (Å²) in [6.45, 7) is 7.43. The molecule has 2 aromatic rings. The normalized spacial score (nSPS) is 12.3. The van der Waals surface area contributed by atoms with Gasteiger partial charge in [0.2, 0.25) is 0 Å². The number of imidazole rings is 1. The van der Waals surface area contributed by atoms with Gasteiger partial charge in [-0.1, -0.05) is 20.8 Å². The van der Waals surface area contributed by atoms with Gasteiger partial charge in [-0.05, 0) is 40.5 Å². The van der Waals surface area contributed by atoms with Gasteiger partial charge < -0.3 is 4.57 Å². The molecule has 110 valence electrons. The Bertz CT molecular complexity index is 622. The van der Waals surface area contributed by atoms with Crippen LogP contribution in [0.1, 0.15) is 33.0 Å². The lowest BCUT2D eigenvalue weighted by atomic mass is 9.90. The predicted octanol–water partition coefficient (Wildman–Crippen LogP) is 5.00. The largest absolute Gasteiger partial charge is 0.327 e. The molecule has 0 atom stereocenters. The molecule has 0 spiro atoms. The second-order valence-corrected chi connectivity index (χ2v) is 7.37. The fourth-order valence-corrected chi connectivity index (χ4v) is 2.78. The van der Waals surface area contributed by atoms with Crippen molar-refractivity contribution < 1.29 is 4.39 Å². The minimum atomic E-state index is -0.189. The summed E-state index contributed by atoms with van der Waals surface area (Å²) in [6.07, 6.45) is 1.76. The Labute approximate surface area is 137 Å². The van der Waals surface area contributed by atoms with Crippen LogP contribution in [0.25, 0.3) is 11.0 Å². The lowest BCUT2D eigenvalue weighted by Gasteiger charge is -2.24. The third-order valence-corrected chi connectivity index (χ3v) is 4.75. The van der Waals surface area contributed by atoms with Gasteiger partial charge >= 0.3 is 0 Å². The molecule has 0 N–H and O–H groups in total. The van der Waals surface area contributed by atoms with Crippen LogP contribution >= 0.6 is 34.2 Å². The van der Waals surface area contributed by atoms with Crippen LogP contribution in [0.15, 0.2) is 12.1 Å². The van der Waals surface area contributed by atoms with Crippen LogP contribution in [0.4, 0.5) is 4.39 Å². The highest BCUT2D eigenvalue weighted by atomic mass is 127. The highest BCUT2D eigenvalue weighted by molar-refractivity contribution is 14.1. The van der Waals surface area contributed by atoms with Gasteiger partial charge in [-0.25, -0.2) is 9.37 Å². The zero-order valence-electron chi connectivity index (χ0n) is 12.0. The minimum absolute atomic E-state index is 0.147. The standard InChI is InChI=1S/C15H19ClFIN2/c1-4-15(2,3)9-20-13-7-10(17)11(18)8-12(13)19-14(20)5-6-16/h7-8H,4-6,9H2,1-3H3. The maximum absolute atomic E-state index is 13.9. The molecule has 0 amide bonds. The molecular formula is C15H19ClFIN2. The topological polar surface area (TPSA) is 17.8 Å². The molecular weight excluding hydrogens is 390 g/mol. The van der Waals surface area contributed by atoms with Gasteiger partial charge in [0.25, 0.3) is 0 Å². The molecule has 0 unspecified atom stereocenters. The zero-order valence-corrected chi connectivity index (χ0v) is 14.9. The smallest absolute Gasteiger partial charge is 0.138 e. The highest BCUT2D eigenvalue weighted by Gasteiger charge is 2.21. The number of aryl methyl sites for hydroxylation is 1.